The lowest BCUT2D eigenvalue weighted by Gasteiger charge is -2.10. The number of hydrogen-bond acceptors (Lipinski definition) is 3. The number of amides is 2. The van der Waals surface area contributed by atoms with Gasteiger partial charge in [-0.3, -0.25) is 14.0 Å². The van der Waals surface area contributed by atoms with E-state index < -0.39 is 0 Å². The second kappa shape index (κ2) is 8.79. The molecule has 0 unspecified atom stereocenters. The van der Waals surface area contributed by atoms with Gasteiger partial charge in [-0.05, 0) is 42.8 Å². The zero-order valence-electron chi connectivity index (χ0n) is 16.5. The fourth-order valence-electron chi connectivity index (χ4n) is 3.20. The van der Waals surface area contributed by atoms with E-state index in [1.54, 1.807) is 46.9 Å². The zero-order valence-corrected chi connectivity index (χ0v) is 18.0. The lowest BCUT2D eigenvalue weighted by Crippen LogP contribution is -2.33. The number of imidazole rings is 1. The summed E-state index contributed by atoms with van der Waals surface area (Å²) in [5.74, 6) is -0.223. The lowest BCUT2D eigenvalue weighted by molar-refractivity contribution is -0.115. The van der Waals surface area contributed by atoms with E-state index in [1.165, 1.54) is 0 Å². The van der Waals surface area contributed by atoms with Gasteiger partial charge in [0, 0.05) is 17.3 Å². The largest absolute Gasteiger partial charge is 0.343 e. The molecule has 0 aliphatic carbocycles. The average molecular weight is 453 g/mol. The highest BCUT2D eigenvalue weighted by Gasteiger charge is 2.18. The summed E-state index contributed by atoms with van der Waals surface area (Å²) < 4.78 is 1.80. The molecule has 0 aliphatic rings. The fourth-order valence-corrected chi connectivity index (χ4v) is 3.49. The summed E-state index contributed by atoms with van der Waals surface area (Å²) in [4.78, 5) is 29.6. The second-order valence-electron chi connectivity index (χ2n) is 6.92. The number of halogens is 2. The van der Waals surface area contributed by atoms with E-state index in [1.807, 2.05) is 31.3 Å². The molecule has 0 saturated carbocycles. The molecule has 0 radical (unpaired) electrons. The van der Waals surface area contributed by atoms with Gasteiger partial charge >= 0.3 is 0 Å². The van der Waals surface area contributed by atoms with E-state index in [2.05, 4.69) is 10.6 Å². The summed E-state index contributed by atoms with van der Waals surface area (Å²) in [5.41, 5.74) is 3.39. The Morgan fingerprint density at radius 3 is 2.52 bits per heavy atom. The van der Waals surface area contributed by atoms with Gasteiger partial charge in [0.25, 0.3) is 5.91 Å². The second-order valence-corrected chi connectivity index (χ2v) is 7.73. The number of anilines is 1. The van der Waals surface area contributed by atoms with Crippen LogP contribution >= 0.6 is 23.2 Å². The van der Waals surface area contributed by atoms with Crippen LogP contribution in [0.25, 0.3) is 16.9 Å². The third-order valence-electron chi connectivity index (χ3n) is 4.74. The molecule has 8 heteroatoms. The van der Waals surface area contributed by atoms with E-state index in [4.69, 9.17) is 28.2 Å². The first-order valence-corrected chi connectivity index (χ1v) is 10.3. The topological polar surface area (TPSA) is 75.5 Å². The van der Waals surface area contributed by atoms with Gasteiger partial charge in [-0.1, -0.05) is 53.5 Å². The van der Waals surface area contributed by atoms with Crippen molar-refractivity contribution in [2.45, 2.75) is 6.92 Å². The SMILES string of the molecule is Cc1cccn2c(NC(=O)CNC(=O)c3ccccc3)c(-c3ccc(Cl)c(Cl)c3)nc12. The third-order valence-corrected chi connectivity index (χ3v) is 5.48. The normalized spacial score (nSPS) is 10.8. The van der Waals surface area contributed by atoms with Crippen LogP contribution < -0.4 is 10.6 Å². The molecule has 156 valence electrons. The van der Waals surface area contributed by atoms with E-state index in [0.29, 0.717) is 38.3 Å². The minimum absolute atomic E-state index is 0.187. The number of fused-ring (bicyclic) bond motifs is 1. The number of rotatable bonds is 5. The van der Waals surface area contributed by atoms with Gasteiger partial charge in [0.1, 0.15) is 17.2 Å². The molecule has 2 heterocycles. The smallest absolute Gasteiger partial charge is 0.251 e. The maximum Gasteiger partial charge on any atom is 0.251 e. The Bertz CT molecular complexity index is 1290. The summed E-state index contributed by atoms with van der Waals surface area (Å²) in [6.07, 6.45) is 1.81. The lowest BCUT2D eigenvalue weighted by atomic mass is 10.1. The van der Waals surface area contributed by atoms with Crippen molar-refractivity contribution < 1.29 is 9.59 Å². The molecule has 0 saturated heterocycles. The molecule has 0 fully saturated rings. The Kier molecular flexibility index (Phi) is 5.93. The molecule has 2 aromatic carbocycles. The van der Waals surface area contributed by atoms with E-state index in [9.17, 15) is 9.59 Å². The molecular weight excluding hydrogens is 435 g/mol. The Labute approximate surface area is 188 Å². The van der Waals surface area contributed by atoms with Crippen LogP contribution in [0.1, 0.15) is 15.9 Å². The summed E-state index contributed by atoms with van der Waals surface area (Å²) in [7, 11) is 0. The Hall–Kier alpha value is -3.35. The highest BCUT2D eigenvalue weighted by Crippen LogP contribution is 2.33. The monoisotopic (exact) mass is 452 g/mol. The van der Waals surface area contributed by atoms with Gasteiger partial charge in [-0.15, -0.1) is 0 Å². The van der Waals surface area contributed by atoms with Crippen molar-refractivity contribution in [1.82, 2.24) is 14.7 Å². The summed E-state index contributed by atoms with van der Waals surface area (Å²) in [6.45, 7) is 1.75. The van der Waals surface area contributed by atoms with Gasteiger partial charge in [-0.2, -0.15) is 0 Å². The van der Waals surface area contributed by atoms with E-state index in [0.717, 1.165) is 5.56 Å². The summed E-state index contributed by atoms with van der Waals surface area (Å²) in [6, 6.07) is 17.7. The van der Waals surface area contributed by atoms with Crippen LogP contribution in [-0.4, -0.2) is 27.7 Å². The van der Waals surface area contributed by atoms with Gasteiger partial charge in [0.2, 0.25) is 5.91 Å². The minimum atomic E-state index is -0.381. The fraction of sp³-hybridized carbons (Fsp3) is 0.0870. The molecule has 0 spiro atoms. The zero-order chi connectivity index (χ0) is 22.0. The summed E-state index contributed by atoms with van der Waals surface area (Å²) >= 11 is 12.2. The molecule has 4 rings (SSSR count). The van der Waals surface area contributed by atoms with Gasteiger partial charge < -0.3 is 10.6 Å². The molecule has 0 aliphatic heterocycles. The Balaban J connectivity index is 1.63. The van der Waals surface area contributed by atoms with E-state index in [-0.39, 0.29) is 18.4 Å². The first-order valence-electron chi connectivity index (χ1n) is 9.50. The third kappa shape index (κ3) is 4.40. The van der Waals surface area contributed by atoms with Gasteiger partial charge in [0.15, 0.2) is 0 Å². The number of nitrogens with one attached hydrogen (secondary N) is 2. The van der Waals surface area contributed by atoms with Crippen molar-refractivity contribution >= 4 is 46.5 Å². The van der Waals surface area contributed by atoms with Crippen LogP contribution in [0.15, 0.2) is 66.9 Å². The van der Waals surface area contributed by atoms with Crippen molar-refractivity contribution in [3.8, 4) is 11.3 Å². The molecular formula is C23H18Cl2N4O2. The van der Waals surface area contributed by atoms with Crippen molar-refractivity contribution in [2.24, 2.45) is 0 Å². The van der Waals surface area contributed by atoms with Gasteiger partial charge in [-0.25, -0.2) is 4.98 Å². The van der Waals surface area contributed by atoms with Crippen molar-refractivity contribution in [3.05, 3.63) is 88.0 Å². The minimum Gasteiger partial charge on any atom is -0.343 e. The van der Waals surface area contributed by atoms with Crippen LogP contribution in [0, 0.1) is 6.92 Å². The van der Waals surface area contributed by atoms with E-state index >= 15 is 0 Å². The molecule has 0 bridgehead atoms. The first-order chi connectivity index (χ1) is 14.9. The van der Waals surface area contributed by atoms with Crippen LogP contribution in [0.4, 0.5) is 5.82 Å². The number of aromatic nitrogens is 2. The van der Waals surface area contributed by atoms with Crippen molar-refractivity contribution in [2.75, 3.05) is 11.9 Å². The molecule has 2 aromatic heterocycles. The number of carbonyl (C=O) groups is 2. The number of carbonyl (C=O) groups excluding carboxylic acids is 2. The molecule has 2 amide bonds. The summed E-state index contributed by atoms with van der Waals surface area (Å²) in [5, 5.41) is 6.32. The van der Waals surface area contributed by atoms with Crippen molar-refractivity contribution in [1.29, 1.82) is 0 Å². The van der Waals surface area contributed by atoms with Gasteiger partial charge in [0.05, 0.1) is 16.6 Å². The predicted octanol–water partition coefficient (Wildman–Crippen LogP) is 4.99. The number of benzene rings is 2. The predicted molar refractivity (Wildman–Crippen MR) is 123 cm³/mol. The number of aryl methyl sites for hydroxylation is 1. The van der Waals surface area contributed by atoms with Crippen molar-refractivity contribution in [3.63, 3.8) is 0 Å². The standard InChI is InChI=1S/C23H18Cl2N4O2/c1-14-6-5-11-29-21(14)28-20(16-9-10-17(24)18(25)12-16)22(29)27-19(30)13-26-23(31)15-7-3-2-4-8-15/h2-12H,13H2,1H3,(H,26,31)(H,27,30). The molecule has 6 nitrogen and oxygen atoms in total. The molecule has 4 aromatic rings. The van der Waals surface area contributed by atoms with Crippen LogP contribution in [0.5, 0.6) is 0 Å². The molecule has 31 heavy (non-hydrogen) atoms. The maximum absolute atomic E-state index is 12.7. The molecule has 2 N–H and O–H groups in total. The Morgan fingerprint density at radius 1 is 1.00 bits per heavy atom. The number of nitrogens with zero attached hydrogens (tertiary/aromatic N) is 2. The number of hydrogen-bond donors (Lipinski definition) is 2. The van der Waals surface area contributed by atoms with Crippen LogP contribution in [-0.2, 0) is 4.79 Å². The number of pyridine rings is 1. The quantitative estimate of drug-likeness (QED) is 0.447. The Morgan fingerprint density at radius 2 is 1.77 bits per heavy atom. The van der Waals surface area contributed by atoms with Crippen LogP contribution in [0.2, 0.25) is 10.0 Å². The molecule has 0 atom stereocenters. The highest BCUT2D eigenvalue weighted by molar-refractivity contribution is 6.42. The highest BCUT2D eigenvalue weighted by atomic mass is 35.5. The maximum atomic E-state index is 12.7. The van der Waals surface area contributed by atoms with Crippen LogP contribution in [0.3, 0.4) is 0 Å². The first kappa shape index (κ1) is 20.9. The average Bonchev–Trinajstić information content (AvgIpc) is 3.14.